The first-order valence-corrected chi connectivity index (χ1v) is 6.61. The van der Waals surface area contributed by atoms with E-state index in [-0.39, 0.29) is 5.75 Å². The lowest BCUT2D eigenvalue weighted by Crippen LogP contribution is -2.64. The van der Waals surface area contributed by atoms with Gasteiger partial charge in [0.05, 0.1) is 5.37 Å². The van der Waals surface area contributed by atoms with Crippen molar-refractivity contribution < 1.29 is 27.9 Å². The number of carbonyl (C=O) groups is 2. The Bertz CT molecular complexity index is 387. The number of hydrogen-bond acceptors (Lipinski definition) is 4. The minimum atomic E-state index is -4.93. The molecule has 0 aromatic rings. The summed E-state index contributed by atoms with van der Waals surface area (Å²) >= 11 is 1.14. The molecule has 1 rings (SSSR count). The second-order valence-corrected chi connectivity index (χ2v) is 5.67. The first-order chi connectivity index (χ1) is 8.54. The molecule has 3 atom stereocenters. The van der Waals surface area contributed by atoms with Crippen LogP contribution in [-0.4, -0.2) is 50.8 Å². The van der Waals surface area contributed by atoms with Gasteiger partial charge in [-0.05, 0) is 13.3 Å². The van der Waals surface area contributed by atoms with E-state index in [9.17, 15) is 22.8 Å². The predicted octanol–water partition coefficient (Wildman–Crippen LogP) is 1.03. The van der Waals surface area contributed by atoms with Gasteiger partial charge in [0.1, 0.15) is 6.04 Å². The number of carbonyl (C=O) groups excluding carboxylic acids is 1. The number of carboxylic acids is 1. The fourth-order valence-corrected chi connectivity index (χ4v) is 3.08. The van der Waals surface area contributed by atoms with E-state index >= 15 is 0 Å². The van der Waals surface area contributed by atoms with Crippen molar-refractivity contribution in [2.24, 2.45) is 5.73 Å². The van der Waals surface area contributed by atoms with E-state index in [1.807, 2.05) is 0 Å². The number of nitrogens with two attached hydrogens (primary N) is 1. The molecule has 3 unspecified atom stereocenters. The molecule has 110 valence electrons. The Labute approximate surface area is 112 Å². The quantitative estimate of drug-likeness (QED) is 0.813. The lowest BCUT2D eigenvalue weighted by atomic mass is 10.00. The topological polar surface area (TPSA) is 83.6 Å². The van der Waals surface area contributed by atoms with Crippen LogP contribution in [0.4, 0.5) is 13.2 Å². The van der Waals surface area contributed by atoms with Gasteiger partial charge < -0.3 is 15.7 Å². The number of halogens is 3. The lowest BCUT2D eigenvalue weighted by molar-refractivity contribution is -0.196. The van der Waals surface area contributed by atoms with Crippen molar-refractivity contribution in [2.75, 3.05) is 5.75 Å². The summed E-state index contributed by atoms with van der Waals surface area (Å²) in [6, 6.07) is -1.27. The fourth-order valence-electron chi connectivity index (χ4n) is 1.73. The zero-order chi connectivity index (χ0) is 15.0. The number of thioether (sulfide) groups is 1. The number of hydrogen-bond donors (Lipinski definition) is 2. The van der Waals surface area contributed by atoms with Crippen molar-refractivity contribution >= 4 is 23.6 Å². The average Bonchev–Trinajstić information content (AvgIpc) is 2.69. The Morgan fingerprint density at radius 1 is 1.47 bits per heavy atom. The van der Waals surface area contributed by atoms with Crippen molar-refractivity contribution in [3.05, 3.63) is 0 Å². The monoisotopic (exact) mass is 300 g/mol. The summed E-state index contributed by atoms with van der Waals surface area (Å²) in [5.41, 5.74) is 1.99. The van der Waals surface area contributed by atoms with Crippen molar-refractivity contribution in [2.45, 2.75) is 43.4 Å². The largest absolute Gasteiger partial charge is 0.480 e. The van der Waals surface area contributed by atoms with E-state index < -0.39 is 35.0 Å². The molecule has 0 radical (unpaired) electrons. The molecule has 1 heterocycles. The Morgan fingerprint density at radius 2 is 2.00 bits per heavy atom. The summed E-state index contributed by atoms with van der Waals surface area (Å²) < 4.78 is 38.3. The molecule has 1 fully saturated rings. The molecule has 0 bridgehead atoms. The van der Waals surface area contributed by atoms with Gasteiger partial charge in [0, 0.05) is 5.75 Å². The molecule has 3 N–H and O–H groups in total. The summed E-state index contributed by atoms with van der Waals surface area (Å²) in [6.45, 7) is 2.23. The Kier molecular flexibility index (Phi) is 4.40. The molecule has 1 amide bonds. The number of nitrogens with zero attached hydrogens (tertiary/aromatic N) is 1. The third-order valence-corrected chi connectivity index (χ3v) is 4.45. The molecule has 5 nitrogen and oxygen atoms in total. The minimum absolute atomic E-state index is 0.0630. The molecule has 0 spiro atoms. The number of carboxylic acid groups (broad SMARTS) is 1. The number of aliphatic carboxylic acids is 1. The normalized spacial score (nSPS) is 27.2. The number of alkyl halides is 3. The van der Waals surface area contributed by atoms with Gasteiger partial charge in [-0.15, -0.1) is 11.8 Å². The molecule has 0 saturated carbocycles. The predicted molar refractivity (Wildman–Crippen MR) is 63.5 cm³/mol. The first-order valence-electron chi connectivity index (χ1n) is 5.56. The average molecular weight is 300 g/mol. The van der Waals surface area contributed by atoms with E-state index in [1.165, 1.54) is 0 Å². The van der Waals surface area contributed by atoms with Gasteiger partial charge in [-0.2, -0.15) is 13.2 Å². The third kappa shape index (κ3) is 2.81. The van der Waals surface area contributed by atoms with E-state index in [4.69, 9.17) is 10.8 Å². The van der Waals surface area contributed by atoms with Gasteiger partial charge in [-0.3, -0.25) is 4.79 Å². The van der Waals surface area contributed by atoms with Crippen LogP contribution in [0.3, 0.4) is 0 Å². The zero-order valence-electron chi connectivity index (χ0n) is 10.4. The standard InChI is InChI=1S/C10H15F3N2O3S/c1-3-6-15(5(4-19-6)7(16)17)8(18)9(2,14)10(11,12)13/h5-6H,3-4,14H2,1-2H3,(H,16,17). The maximum atomic E-state index is 12.8. The smallest absolute Gasteiger partial charge is 0.415 e. The summed E-state index contributed by atoms with van der Waals surface area (Å²) in [7, 11) is 0. The summed E-state index contributed by atoms with van der Waals surface area (Å²) in [4.78, 5) is 23.8. The second kappa shape index (κ2) is 5.20. The summed E-state index contributed by atoms with van der Waals surface area (Å²) in [5, 5.41) is 8.39. The Hall–Kier alpha value is -0.960. The van der Waals surface area contributed by atoms with E-state index in [0.717, 1.165) is 16.7 Å². The van der Waals surface area contributed by atoms with Crippen LogP contribution in [0.2, 0.25) is 0 Å². The van der Waals surface area contributed by atoms with E-state index in [1.54, 1.807) is 6.92 Å². The molecule has 19 heavy (non-hydrogen) atoms. The van der Waals surface area contributed by atoms with E-state index in [2.05, 4.69) is 0 Å². The van der Waals surface area contributed by atoms with Gasteiger partial charge >= 0.3 is 12.1 Å². The van der Waals surface area contributed by atoms with Crippen LogP contribution in [0.5, 0.6) is 0 Å². The number of rotatable bonds is 3. The van der Waals surface area contributed by atoms with Crippen molar-refractivity contribution in [3.8, 4) is 0 Å². The molecule has 1 aliphatic rings. The molecular formula is C10H15F3N2O3S. The Morgan fingerprint density at radius 3 is 2.37 bits per heavy atom. The SMILES string of the molecule is CCC1SCC(C(=O)O)N1C(=O)C(C)(N)C(F)(F)F. The molecular weight excluding hydrogens is 285 g/mol. The van der Waals surface area contributed by atoms with Crippen molar-refractivity contribution in [1.82, 2.24) is 4.90 Å². The third-order valence-electron chi connectivity index (χ3n) is 2.99. The lowest BCUT2D eigenvalue weighted by Gasteiger charge is -2.35. The maximum absolute atomic E-state index is 12.8. The molecule has 0 aromatic heterocycles. The zero-order valence-corrected chi connectivity index (χ0v) is 11.2. The Balaban J connectivity index is 3.10. The fraction of sp³-hybridized carbons (Fsp3) is 0.800. The highest BCUT2D eigenvalue weighted by Gasteiger charge is 2.58. The van der Waals surface area contributed by atoms with Gasteiger partial charge in [-0.25, -0.2) is 4.79 Å². The number of amides is 1. The van der Waals surface area contributed by atoms with Gasteiger partial charge in [-0.1, -0.05) is 6.92 Å². The van der Waals surface area contributed by atoms with Crippen molar-refractivity contribution in [3.63, 3.8) is 0 Å². The van der Waals surface area contributed by atoms with Crippen LogP contribution in [0.15, 0.2) is 0 Å². The van der Waals surface area contributed by atoms with Crippen molar-refractivity contribution in [1.29, 1.82) is 0 Å². The van der Waals surface area contributed by atoms with Crippen LogP contribution < -0.4 is 5.73 Å². The minimum Gasteiger partial charge on any atom is -0.480 e. The molecule has 1 aliphatic heterocycles. The van der Waals surface area contributed by atoms with Gasteiger partial charge in [0.15, 0.2) is 5.54 Å². The molecule has 0 aliphatic carbocycles. The molecule has 1 saturated heterocycles. The molecule has 9 heteroatoms. The van der Waals surface area contributed by atoms with Crippen LogP contribution in [0.25, 0.3) is 0 Å². The van der Waals surface area contributed by atoms with Crippen LogP contribution in [0.1, 0.15) is 20.3 Å². The van der Waals surface area contributed by atoms with E-state index in [0.29, 0.717) is 13.3 Å². The van der Waals surface area contributed by atoms with Crippen LogP contribution in [0, 0.1) is 0 Å². The van der Waals surface area contributed by atoms with Gasteiger partial charge in [0.25, 0.3) is 5.91 Å². The summed E-state index contributed by atoms with van der Waals surface area (Å²) in [6.07, 6.45) is -4.58. The molecule has 0 aromatic carbocycles. The summed E-state index contributed by atoms with van der Waals surface area (Å²) in [5.74, 6) is -2.66. The van der Waals surface area contributed by atoms with Crippen LogP contribution >= 0.6 is 11.8 Å². The first kappa shape index (κ1) is 16.1. The highest BCUT2D eigenvalue weighted by molar-refractivity contribution is 8.00. The highest BCUT2D eigenvalue weighted by Crippen LogP contribution is 2.37. The highest BCUT2D eigenvalue weighted by atomic mass is 32.2. The second-order valence-electron chi connectivity index (χ2n) is 4.46. The van der Waals surface area contributed by atoms with Crippen LogP contribution in [-0.2, 0) is 9.59 Å². The maximum Gasteiger partial charge on any atom is 0.415 e. The van der Waals surface area contributed by atoms with Gasteiger partial charge in [0.2, 0.25) is 0 Å².